The molecule has 3 rings (SSSR count). The van der Waals surface area contributed by atoms with Gasteiger partial charge in [-0.15, -0.1) is 0 Å². The smallest absolute Gasteiger partial charge is 0.252 e. The zero-order valence-electron chi connectivity index (χ0n) is 13.1. The first-order valence-corrected chi connectivity index (χ1v) is 9.34. The van der Waals surface area contributed by atoms with E-state index >= 15 is 0 Å². The normalized spacial score (nSPS) is 10.6. The van der Waals surface area contributed by atoms with E-state index < -0.39 is 0 Å². The number of halogens is 2. The number of nitrogens with one attached hydrogen (secondary N) is 2. The number of imidazole rings is 1. The van der Waals surface area contributed by atoms with Crippen molar-refractivity contribution in [2.24, 2.45) is 0 Å². The van der Waals surface area contributed by atoms with Crippen LogP contribution in [0.1, 0.15) is 10.4 Å². The van der Waals surface area contributed by atoms with Crippen LogP contribution < -0.4 is 5.32 Å². The molecule has 0 bridgehead atoms. The Labute approximate surface area is 160 Å². The van der Waals surface area contributed by atoms with E-state index in [9.17, 15) is 4.79 Å². The molecule has 4 nitrogen and oxygen atoms in total. The number of hydrogen-bond donors (Lipinski definition) is 2. The van der Waals surface area contributed by atoms with E-state index in [4.69, 9.17) is 23.2 Å². The second-order valence-corrected chi connectivity index (χ2v) is 7.12. The molecule has 0 aliphatic heterocycles. The van der Waals surface area contributed by atoms with Gasteiger partial charge >= 0.3 is 0 Å². The van der Waals surface area contributed by atoms with E-state index in [2.05, 4.69) is 15.3 Å². The maximum Gasteiger partial charge on any atom is 0.252 e. The molecule has 0 fully saturated rings. The van der Waals surface area contributed by atoms with E-state index in [-0.39, 0.29) is 5.91 Å². The first-order valence-electron chi connectivity index (χ1n) is 7.60. The van der Waals surface area contributed by atoms with Crippen molar-refractivity contribution >= 4 is 40.9 Å². The quantitative estimate of drug-likeness (QED) is 0.463. The molecule has 0 spiro atoms. The molecular formula is C18H15Cl2N3OS. The predicted octanol–water partition coefficient (Wildman–Crippen LogP) is 4.91. The third kappa shape index (κ3) is 4.78. The highest BCUT2D eigenvalue weighted by Crippen LogP contribution is 2.22. The van der Waals surface area contributed by atoms with Gasteiger partial charge in [0.05, 0.1) is 22.5 Å². The monoisotopic (exact) mass is 391 g/mol. The molecule has 0 saturated carbocycles. The summed E-state index contributed by atoms with van der Waals surface area (Å²) in [5.74, 6) is 0.525. The molecule has 0 aliphatic carbocycles. The molecule has 0 radical (unpaired) electrons. The zero-order chi connectivity index (χ0) is 17.6. The van der Waals surface area contributed by atoms with Crippen molar-refractivity contribution in [2.75, 3.05) is 12.3 Å². The number of aromatic amines is 1. The molecular weight excluding hydrogens is 377 g/mol. The van der Waals surface area contributed by atoms with E-state index in [1.165, 1.54) is 0 Å². The number of aromatic nitrogens is 2. The van der Waals surface area contributed by atoms with E-state index in [0.29, 0.717) is 27.9 Å². The highest BCUT2D eigenvalue weighted by Gasteiger charge is 2.09. The number of carbonyl (C=O) groups excluding carboxylic acids is 1. The summed E-state index contributed by atoms with van der Waals surface area (Å²) in [6.07, 6.45) is 1.79. The summed E-state index contributed by atoms with van der Waals surface area (Å²) >= 11 is 13.4. The highest BCUT2D eigenvalue weighted by molar-refractivity contribution is 7.99. The van der Waals surface area contributed by atoms with Crippen molar-refractivity contribution < 1.29 is 4.79 Å². The van der Waals surface area contributed by atoms with Crippen LogP contribution in [-0.2, 0) is 0 Å². The molecule has 0 aliphatic rings. The van der Waals surface area contributed by atoms with Crippen molar-refractivity contribution in [1.29, 1.82) is 0 Å². The first-order chi connectivity index (χ1) is 12.1. The number of thioether (sulfide) groups is 1. The molecule has 0 unspecified atom stereocenters. The van der Waals surface area contributed by atoms with Crippen LogP contribution in [0.3, 0.4) is 0 Å². The Balaban J connectivity index is 1.49. The number of nitrogens with zero attached hydrogens (tertiary/aromatic N) is 1. The van der Waals surface area contributed by atoms with E-state index in [0.717, 1.165) is 16.4 Å². The fourth-order valence-corrected chi connectivity index (χ4v) is 3.26. The van der Waals surface area contributed by atoms with Crippen LogP contribution in [0.15, 0.2) is 59.9 Å². The lowest BCUT2D eigenvalue weighted by Gasteiger charge is -2.05. The van der Waals surface area contributed by atoms with Gasteiger partial charge in [0.15, 0.2) is 5.16 Å². The van der Waals surface area contributed by atoms with E-state index in [1.807, 2.05) is 24.3 Å². The number of benzene rings is 2. The number of amides is 1. The van der Waals surface area contributed by atoms with Crippen LogP contribution in [0.2, 0.25) is 10.0 Å². The molecule has 2 N–H and O–H groups in total. The maximum absolute atomic E-state index is 12.1. The minimum absolute atomic E-state index is 0.174. The van der Waals surface area contributed by atoms with Gasteiger partial charge in [0, 0.05) is 17.3 Å². The molecule has 0 atom stereocenters. The summed E-state index contributed by atoms with van der Waals surface area (Å²) in [4.78, 5) is 19.7. The minimum Gasteiger partial charge on any atom is -0.351 e. The van der Waals surface area contributed by atoms with Crippen molar-refractivity contribution in [3.05, 3.63) is 70.3 Å². The SMILES string of the molecule is O=C(NCCSc1ncc(-c2ccc(Cl)cc2)[nH]1)c1ccccc1Cl. The first kappa shape index (κ1) is 17.9. The summed E-state index contributed by atoms with van der Waals surface area (Å²) in [5, 5.41) is 4.81. The molecule has 7 heteroatoms. The molecule has 1 aromatic heterocycles. The van der Waals surface area contributed by atoms with Crippen LogP contribution in [0, 0.1) is 0 Å². The minimum atomic E-state index is -0.174. The lowest BCUT2D eigenvalue weighted by atomic mass is 10.2. The maximum atomic E-state index is 12.1. The highest BCUT2D eigenvalue weighted by atomic mass is 35.5. The van der Waals surface area contributed by atoms with Crippen LogP contribution in [-0.4, -0.2) is 28.2 Å². The Morgan fingerprint density at radius 2 is 1.88 bits per heavy atom. The Kier molecular flexibility index (Phi) is 6.02. The van der Waals surface area contributed by atoms with Crippen LogP contribution >= 0.6 is 35.0 Å². The van der Waals surface area contributed by atoms with Gasteiger partial charge in [-0.2, -0.15) is 0 Å². The lowest BCUT2D eigenvalue weighted by molar-refractivity contribution is 0.0956. The fourth-order valence-electron chi connectivity index (χ4n) is 2.21. The average Bonchev–Trinajstić information content (AvgIpc) is 3.08. The van der Waals surface area contributed by atoms with Crippen molar-refractivity contribution in [3.63, 3.8) is 0 Å². The third-order valence-electron chi connectivity index (χ3n) is 3.45. The van der Waals surface area contributed by atoms with Gasteiger partial charge in [0.2, 0.25) is 0 Å². The summed E-state index contributed by atoms with van der Waals surface area (Å²) < 4.78 is 0. The number of hydrogen-bond acceptors (Lipinski definition) is 3. The van der Waals surface area contributed by atoms with Gasteiger partial charge in [0.25, 0.3) is 5.91 Å². The van der Waals surface area contributed by atoms with Gasteiger partial charge < -0.3 is 10.3 Å². The molecule has 1 heterocycles. The summed E-state index contributed by atoms with van der Waals surface area (Å²) in [7, 11) is 0. The van der Waals surface area contributed by atoms with Gasteiger partial charge in [-0.3, -0.25) is 4.79 Å². The van der Waals surface area contributed by atoms with Crippen LogP contribution in [0.25, 0.3) is 11.3 Å². The van der Waals surface area contributed by atoms with Crippen molar-refractivity contribution in [3.8, 4) is 11.3 Å². The molecule has 0 saturated heterocycles. The Bertz CT molecular complexity index is 865. The molecule has 1 amide bonds. The summed E-state index contributed by atoms with van der Waals surface area (Å²) in [5.41, 5.74) is 2.44. The summed E-state index contributed by atoms with van der Waals surface area (Å²) in [6, 6.07) is 14.6. The van der Waals surface area contributed by atoms with Gasteiger partial charge in [-0.25, -0.2) is 4.98 Å². The molecule has 3 aromatic rings. The average molecular weight is 392 g/mol. The van der Waals surface area contributed by atoms with Crippen LogP contribution in [0.5, 0.6) is 0 Å². The fraction of sp³-hybridized carbons (Fsp3) is 0.111. The lowest BCUT2D eigenvalue weighted by Crippen LogP contribution is -2.25. The van der Waals surface area contributed by atoms with Gasteiger partial charge in [0.1, 0.15) is 0 Å². The second-order valence-electron chi connectivity index (χ2n) is 5.19. The van der Waals surface area contributed by atoms with Crippen molar-refractivity contribution in [1.82, 2.24) is 15.3 Å². The topological polar surface area (TPSA) is 57.8 Å². The third-order valence-corrected chi connectivity index (χ3v) is 4.92. The largest absolute Gasteiger partial charge is 0.351 e. The molecule has 128 valence electrons. The summed E-state index contributed by atoms with van der Waals surface area (Å²) in [6.45, 7) is 0.520. The second kappa shape index (κ2) is 8.43. The Morgan fingerprint density at radius 1 is 1.12 bits per heavy atom. The van der Waals surface area contributed by atoms with Crippen molar-refractivity contribution in [2.45, 2.75) is 5.16 Å². The van der Waals surface area contributed by atoms with Crippen LogP contribution in [0.4, 0.5) is 0 Å². The molecule has 2 aromatic carbocycles. The predicted molar refractivity (Wildman–Crippen MR) is 104 cm³/mol. The standard InChI is InChI=1S/C18H15Cl2N3OS/c19-13-7-5-12(6-8-13)16-11-22-18(23-16)25-10-9-21-17(24)14-3-1-2-4-15(14)20/h1-8,11H,9-10H2,(H,21,24)(H,22,23). The number of rotatable bonds is 6. The Hall–Kier alpha value is -1.95. The number of carbonyl (C=O) groups is 1. The molecule has 25 heavy (non-hydrogen) atoms. The van der Waals surface area contributed by atoms with Gasteiger partial charge in [-0.05, 0) is 29.8 Å². The van der Waals surface area contributed by atoms with Gasteiger partial charge in [-0.1, -0.05) is 59.2 Å². The number of H-pyrrole nitrogens is 1. The Morgan fingerprint density at radius 3 is 2.64 bits per heavy atom. The zero-order valence-corrected chi connectivity index (χ0v) is 15.5. The van der Waals surface area contributed by atoms with E-state index in [1.54, 1.807) is 42.2 Å².